The van der Waals surface area contributed by atoms with Crippen LogP contribution in [0.1, 0.15) is 26.2 Å². The molecule has 0 spiro atoms. The van der Waals surface area contributed by atoms with E-state index in [1.807, 2.05) is 0 Å². The van der Waals surface area contributed by atoms with Gasteiger partial charge in [0.15, 0.2) is 0 Å². The molecule has 0 radical (unpaired) electrons. The molecule has 1 rings (SSSR count). The van der Waals surface area contributed by atoms with Crippen LogP contribution in [0.4, 0.5) is 13.2 Å². The second-order valence-corrected chi connectivity index (χ2v) is 4.02. The Hall–Kier alpha value is -1.27. The van der Waals surface area contributed by atoms with Crippen LogP contribution in [-0.2, 0) is 9.59 Å². The summed E-state index contributed by atoms with van der Waals surface area (Å²) >= 11 is 0. The van der Waals surface area contributed by atoms with Crippen LogP contribution in [0.15, 0.2) is 0 Å². The smallest absolute Gasteiger partial charge is 0.471 e. The zero-order chi connectivity index (χ0) is 12.6. The predicted octanol–water partition coefficient (Wildman–Crippen LogP) is 1.31. The van der Waals surface area contributed by atoms with Crippen molar-refractivity contribution in [2.75, 3.05) is 0 Å². The van der Waals surface area contributed by atoms with E-state index in [-0.39, 0.29) is 6.42 Å². The van der Waals surface area contributed by atoms with Crippen molar-refractivity contribution in [1.82, 2.24) is 5.32 Å². The Morgan fingerprint density at radius 3 is 2.31 bits per heavy atom. The van der Waals surface area contributed by atoms with Gasteiger partial charge in [-0.05, 0) is 18.8 Å². The predicted molar refractivity (Wildman–Crippen MR) is 47.6 cm³/mol. The highest BCUT2D eigenvalue weighted by Gasteiger charge is 2.52. The van der Waals surface area contributed by atoms with E-state index in [2.05, 4.69) is 0 Å². The SMILES string of the molecule is CC1CCCC1(NC(=O)C(F)(F)F)C(=O)O. The van der Waals surface area contributed by atoms with Crippen molar-refractivity contribution in [2.45, 2.75) is 37.9 Å². The van der Waals surface area contributed by atoms with E-state index >= 15 is 0 Å². The molecule has 0 aromatic rings. The highest BCUT2D eigenvalue weighted by Crippen LogP contribution is 2.36. The van der Waals surface area contributed by atoms with Crippen molar-refractivity contribution in [3.63, 3.8) is 0 Å². The molecule has 0 aromatic carbocycles. The maximum atomic E-state index is 12.1. The lowest BCUT2D eigenvalue weighted by molar-refractivity contribution is -0.178. The molecule has 0 aliphatic heterocycles. The van der Waals surface area contributed by atoms with Gasteiger partial charge in [-0.2, -0.15) is 13.2 Å². The minimum atomic E-state index is -5.05. The van der Waals surface area contributed by atoms with Gasteiger partial charge in [-0.25, -0.2) is 4.79 Å². The Morgan fingerprint density at radius 2 is 2.00 bits per heavy atom. The first-order chi connectivity index (χ1) is 7.20. The molecular formula is C9H12F3NO3. The van der Waals surface area contributed by atoms with Crippen molar-refractivity contribution < 1.29 is 27.9 Å². The van der Waals surface area contributed by atoms with Crippen LogP contribution in [0.25, 0.3) is 0 Å². The summed E-state index contributed by atoms with van der Waals surface area (Å²) in [5.74, 6) is -4.10. The van der Waals surface area contributed by atoms with Crippen LogP contribution < -0.4 is 5.32 Å². The Balaban J connectivity index is 2.90. The summed E-state index contributed by atoms with van der Waals surface area (Å²) in [6.45, 7) is 1.53. The third-order valence-corrected chi connectivity index (χ3v) is 3.03. The van der Waals surface area contributed by atoms with Crippen LogP contribution in [-0.4, -0.2) is 28.7 Å². The maximum absolute atomic E-state index is 12.1. The van der Waals surface area contributed by atoms with Gasteiger partial charge < -0.3 is 10.4 Å². The summed E-state index contributed by atoms with van der Waals surface area (Å²) < 4.78 is 36.2. The zero-order valence-electron chi connectivity index (χ0n) is 8.60. The third kappa shape index (κ3) is 2.12. The monoisotopic (exact) mass is 239 g/mol. The van der Waals surface area contributed by atoms with E-state index in [0.717, 1.165) is 0 Å². The highest BCUT2D eigenvalue weighted by atomic mass is 19.4. The summed E-state index contributed by atoms with van der Waals surface area (Å²) in [5, 5.41) is 10.6. The van der Waals surface area contributed by atoms with Gasteiger partial charge in [-0.15, -0.1) is 0 Å². The molecule has 2 atom stereocenters. The van der Waals surface area contributed by atoms with Crippen LogP contribution >= 0.6 is 0 Å². The van der Waals surface area contributed by atoms with Gasteiger partial charge >= 0.3 is 18.1 Å². The number of carboxylic acid groups (broad SMARTS) is 1. The van der Waals surface area contributed by atoms with Gasteiger partial charge in [0, 0.05) is 0 Å². The minimum absolute atomic E-state index is 0.0331. The number of amides is 1. The number of aliphatic carboxylic acids is 1. The fraction of sp³-hybridized carbons (Fsp3) is 0.778. The van der Waals surface area contributed by atoms with Gasteiger partial charge in [0.25, 0.3) is 0 Å². The number of halogens is 3. The highest BCUT2D eigenvalue weighted by molar-refractivity contribution is 5.90. The van der Waals surface area contributed by atoms with E-state index in [1.165, 1.54) is 6.92 Å². The van der Waals surface area contributed by atoms with Crippen LogP contribution in [0.3, 0.4) is 0 Å². The minimum Gasteiger partial charge on any atom is -0.479 e. The van der Waals surface area contributed by atoms with Crippen LogP contribution in [0.2, 0.25) is 0 Å². The number of carboxylic acids is 1. The topological polar surface area (TPSA) is 66.4 Å². The molecule has 0 aromatic heterocycles. The second-order valence-electron chi connectivity index (χ2n) is 4.02. The van der Waals surface area contributed by atoms with E-state index in [0.29, 0.717) is 12.8 Å². The second kappa shape index (κ2) is 3.95. The quantitative estimate of drug-likeness (QED) is 0.763. The molecular weight excluding hydrogens is 227 g/mol. The zero-order valence-corrected chi connectivity index (χ0v) is 8.60. The Labute approximate surface area is 89.8 Å². The lowest BCUT2D eigenvalue weighted by atomic mass is 9.88. The molecule has 1 fully saturated rings. The van der Waals surface area contributed by atoms with Crippen molar-refractivity contribution in [1.29, 1.82) is 0 Å². The van der Waals surface area contributed by atoms with Crippen molar-refractivity contribution in [3.8, 4) is 0 Å². The van der Waals surface area contributed by atoms with Crippen molar-refractivity contribution in [2.24, 2.45) is 5.92 Å². The number of hydrogen-bond acceptors (Lipinski definition) is 2. The van der Waals surface area contributed by atoms with E-state index < -0.39 is 29.5 Å². The van der Waals surface area contributed by atoms with E-state index in [4.69, 9.17) is 5.11 Å². The molecule has 1 aliphatic rings. The van der Waals surface area contributed by atoms with E-state index in [9.17, 15) is 22.8 Å². The molecule has 0 saturated heterocycles. The molecule has 7 heteroatoms. The molecule has 0 heterocycles. The fourth-order valence-corrected chi connectivity index (χ4v) is 2.01. The molecule has 1 saturated carbocycles. The standard InChI is InChI=1S/C9H12F3NO3/c1-5-3-2-4-8(5,7(15)16)13-6(14)9(10,11)12/h5H,2-4H2,1H3,(H,13,14)(H,15,16). The molecule has 16 heavy (non-hydrogen) atoms. The average molecular weight is 239 g/mol. The number of carbonyl (C=O) groups is 2. The third-order valence-electron chi connectivity index (χ3n) is 3.03. The number of rotatable bonds is 2. The largest absolute Gasteiger partial charge is 0.479 e. The summed E-state index contributed by atoms with van der Waals surface area (Å²) in [6.07, 6.45) is -4.04. The Kier molecular flexibility index (Phi) is 3.16. The molecule has 2 N–H and O–H groups in total. The summed E-state index contributed by atoms with van der Waals surface area (Å²) in [6, 6.07) is 0. The summed E-state index contributed by atoms with van der Waals surface area (Å²) in [7, 11) is 0. The molecule has 92 valence electrons. The number of hydrogen-bond donors (Lipinski definition) is 2. The Bertz CT molecular complexity index is 316. The maximum Gasteiger partial charge on any atom is 0.471 e. The normalized spacial score (nSPS) is 30.1. The van der Waals surface area contributed by atoms with Gasteiger partial charge in [0.2, 0.25) is 0 Å². The summed E-state index contributed by atoms with van der Waals surface area (Å²) in [4.78, 5) is 21.8. The number of carbonyl (C=O) groups excluding carboxylic acids is 1. The Morgan fingerprint density at radius 1 is 1.44 bits per heavy atom. The first kappa shape index (κ1) is 12.8. The molecule has 1 amide bonds. The van der Waals surface area contributed by atoms with Gasteiger partial charge in [0.1, 0.15) is 5.54 Å². The number of nitrogens with one attached hydrogen (secondary N) is 1. The van der Waals surface area contributed by atoms with Gasteiger partial charge in [0.05, 0.1) is 0 Å². The van der Waals surface area contributed by atoms with Crippen molar-refractivity contribution >= 4 is 11.9 Å². The molecule has 1 aliphatic carbocycles. The summed E-state index contributed by atoms with van der Waals surface area (Å²) in [5.41, 5.74) is -1.77. The van der Waals surface area contributed by atoms with Crippen molar-refractivity contribution in [3.05, 3.63) is 0 Å². The van der Waals surface area contributed by atoms with E-state index in [1.54, 1.807) is 5.32 Å². The van der Waals surface area contributed by atoms with Crippen LogP contribution in [0, 0.1) is 5.92 Å². The van der Waals surface area contributed by atoms with Crippen LogP contribution in [0.5, 0.6) is 0 Å². The molecule has 0 bridgehead atoms. The number of alkyl halides is 3. The first-order valence-corrected chi connectivity index (χ1v) is 4.83. The molecule has 4 nitrogen and oxygen atoms in total. The lowest BCUT2D eigenvalue weighted by Crippen LogP contribution is -2.59. The molecule has 2 unspecified atom stereocenters. The average Bonchev–Trinajstić information content (AvgIpc) is 2.47. The lowest BCUT2D eigenvalue weighted by Gasteiger charge is -2.30. The van der Waals surface area contributed by atoms with Gasteiger partial charge in [-0.1, -0.05) is 13.3 Å². The van der Waals surface area contributed by atoms with Gasteiger partial charge in [-0.3, -0.25) is 4.79 Å². The fourth-order valence-electron chi connectivity index (χ4n) is 2.01. The first-order valence-electron chi connectivity index (χ1n) is 4.83.